The monoisotopic (exact) mass is 291 g/mol. The van der Waals surface area contributed by atoms with E-state index in [4.69, 9.17) is 4.74 Å². The highest BCUT2D eigenvalue weighted by Gasteiger charge is 2.23. The molecule has 114 valence electrons. The van der Waals surface area contributed by atoms with Crippen molar-refractivity contribution in [2.75, 3.05) is 26.7 Å². The zero-order valence-corrected chi connectivity index (χ0v) is 12.2. The third kappa shape index (κ3) is 6.27. The van der Waals surface area contributed by atoms with E-state index in [1.54, 1.807) is 0 Å². The number of carbonyl (C=O) groups is 2. The molecule has 0 spiro atoms. The molecule has 3 amide bonds. The van der Waals surface area contributed by atoms with Gasteiger partial charge in [0.05, 0.1) is 6.54 Å². The number of hydrogen-bond acceptors (Lipinski definition) is 4. The van der Waals surface area contributed by atoms with Crippen LogP contribution in [-0.2, 0) is 4.79 Å². The molecule has 0 unspecified atom stereocenters. The molecule has 0 aromatic heterocycles. The maximum absolute atomic E-state index is 11.6. The Morgan fingerprint density at radius 3 is 2.67 bits per heavy atom. The molecule has 1 aliphatic carbocycles. The first-order chi connectivity index (χ1) is 10.1. The second kappa shape index (κ2) is 7.64. The van der Waals surface area contributed by atoms with Gasteiger partial charge < -0.3 is 10.1 Å². The van der Waals surface area contributed by atoms with Crippen molar-refractivity contribution in [1.82, 2.24) is 15.5 Å². The van der Waals surface area contributed by atoms with Gasteiger partial charge in [-0.25, -0.2) is 4.79 Å². The number of para-hydroxylation sites is 1. The molecule has 0 aliphatic heterocycles. The second-order valence-corrected chi connectivity index (χ2v) is 5.20. The van der Waals surface area contributed by atoms with Crippen molar-refractivity contribution < 1.29 is 14.3 Å². The van der Waals surface area contributed by atoms with Crippen LogP contribution in [0.2, 0.25) is 0 Å². The number of imide groups is 1. The summed E-state index contributed by atoms with van der Waals surface area (Å²) < 4.78 is 5.55. The maximum Gasteiger partial charge on any atom is 0.321 e. The van der Waals surface area contributed by atoms with Crippen LogP contribution in [0, 0.1) is 0 Å². The normalized spacial score (nSPS) is 13.8. The van der Waals surface area contributed by atoms with Crippen LogP contribution in [0.25, 0.3) is 0 Å². The number of hydrogen-bond donors (Lipinski definition) is 2. The molecule has 1 fully saturated rings. The summed E-state index contributed by atoms with van der Waals surface area (Å²) in [4.78, 5) is 24.9. The van der Waals surface area contributed by atoms with Gasteiger partial charge in [0, 0.05) is 12.6 Å². The van der Waals surface area contributed by atoms with E-state index in [1.807, 2.05) is 42.3 Å². The summed E-state index contributed by atoms with van der Waals surface area (Å²) in [6.45, 7) is 1.25. The number of ether oxygens (including phenoxy) is 1. The predicted octanol–water partition coefficient (Wildman–Crippen LogP) is 0.985. The van der Waals surface area contributed by atoms with Gasteiger partial charge in [-0.2, -0.15) is 0 Å². The van der Waals surface area contributed by atoms with Gasteiger partial charge in [0.1, 0.15) is 12.4 Å². The molecule has 2 rings (SSSR count). The molecule has 0 radical (unpaired) electrons. The third-order valence-electron chi connectivity index (χ3n) is 3.06. The molecule has 1 saturated carbocycles. The number of nitrogens with zero attached hydrogens (tertiary/aromatic N) is 1. The lowest BCUT2D eigenvalue weighted by molar-refractivity contribution is -0.120. The Bertz CT molecular complexity index is 474. The molecule has 2 N–H and O–H groups in total. The summed E-state index contributed by atoms with van der Waals surface area (Å²) in [5.74, 6) is 0.495. The first-order valence-electron chi connectivity index (χ1n) is 7.10. The van der Waals surface area contributed by atoms with Gasteiger partial charge in [-0.05, 0) is 32.0 Å². The third-order valence-corrected chi connectivity index (χ3v) is 3.06. The molecule has 6 heteroatoms. The molecular formula is C15H21N3O3. The van der Waals surface area contributed by atoms with Crippen molar-refractivity contribution in [3.8, 4) is 5.75 Å². The number of carbonyl (C=O) groups excluding carboxylic acids is 2. The van der Waals surface area contributed by atoms with Crippen molar-refractivity contribution in [3.05, 3.63) is 30.3 Å². The fourth-order valence-corrected chi connectivity index (χ4v) is 1.78. The summed E-state index contributed by atoms with van der Waals surface area (Å²) >= 11 is 0. The van der Waals surface area contributed by atoms with Gasteiger partial charge in [-0.1, -0.05) is 18.2 Å². The van der Waals surface area contributed by atoms with Gasteiger partial charge in [-0.15, -0.1) is 0 Å². The average Bonchev–Trinajstić information content (AvgIpc) is 3.23. The minimum absolute atomic E-state index is 0.163. The zero-order chi connectivity index (χ0) is 15.1. The SMILES string of the molecule is CN(CCOc1ccccc1)CC(=O)NC(=O)NC1CC1. The van der Waals surface area contributed by atoms with Crippen LogP contribution in [0.1, 0.15) is 12.8 Å². The Balaban J connectivity index is 1.58. The smallest absolute Gasteiger partial charge is 0.321 e. The summed E-state index contributed by atoms with van der Waals surface area (Å²) in [5.41, 5.74) is 0. The van der Waals surface area contributed by atoms with Crippen LogP contribution in [0.4, 0.5) is 4.79 Å². The van der Waals surface area contributed by atoms with Crippen molar-refractivity contribution in [3.63, 3.8) is 0 Å². The lowest BCUT2D eigenvalue weighted by Crippen LogP contribution is -2.44. The number of amides is 3. The minimum Gasteiger partial charge on any atom is -0.492 e. The molecule has 1 aromatic carbocycles. The number of urea groups is 1. The minimum atomic E-state index is -0.406. The molecular weight excluding hydrogens is 270 g/mol. The Morgan fingerprint density at radius 1 is 1.29 bits per heavy atom. The van der Waals surface area contributed by atoms with Crippen LogP contribution in [-0.4, -0.2) is 49.6 Å². The van der Waals surface area contributed by atoms with E-state index in [-0.39, 0.29) is 18.5 Å². The van der Waals surface area contributed by atoms with E-state index < -0.39 is 6.03 Å². The molecule has 6 nitrogen and oxygen atoms in total. The van der Waals surface area contributed by atoms with Crippen molar-refractivity contribution in [1.29, 1.82) is 0 Å². The zero-order valence-electron chi connectivity index (χ0n) is 12.2. The summed E-state index contributed by atoms with van der Waals surface area (Å²) in [5, 5.41) is 5.03. The second-order valence-electron chi connectivity index (χ2n) is 5.20. The van der Waals surface area contributed by atoms with E-state index in [9.17, 15) is 9.59 Å². The first kappa shape index (κ1) is 15.3. The van der Waals surface area contributed by atoms with Crippen molar-refractivity contribution in [2.24, 2.45) is 0 Å². The molecule has 0 saturated heterocycles. The molecule has 0 heterocycles. The number of rotatable bonds is 7. The highest BCUT2D eigenvalue weighted by atomic mass is 16.5. The standard InChI is InChI=1S/C15H21N3O3/c1-18(9-10-21-13-5-3-2-4-6-13)11-14(19)17-15(20)16-12-7-8-12/h2-6,12H,7-11H2,1H3,(H2,16,17,19,20). The van der Waals surface area contributed by atoms with Crippen LogP contribution in [0.5, 0.6) is 5.75 Å². The number of nitrogens with one attached hydrogen (secondary N) is 2. The van der Waals surface area contributed by atoms with Crippen LogP contribution in [0.3, 0.4) is 0 Å². The Hall–Kier alpha value is -2.08. The molecule has 1 aromatic rings. The topological polar surface area (TPSA) is 70.7 Å². The van der Waals surface area contributed by atoms with Gasteiger partial charge in [0.2, 0.25) is 5.91 Å². The predicted molar refractivity (Wildman–Crippen MR) is 79.1 cm³/mol. The van der Waals surface area contributed by atoms with Gasteiger partial charge in [0.25, 0.3) is 0 Å². The lowest BCUT2D eigenvalue weighted by atomic mass is 10.3. The van der Waals surface area contributed by atoms with Crippen LogP contribution >= 0.6 is 0 Å². The van der Waals surface area contributed by atoms with E-state index in [2.05, 4.69) is 10.6 Å². The number of likely N-dealkylation sites (N-methyl/N-ethyl adjacent to an activating group) is 1. The molecule has 1 aliphatic rings. The largest absolute Gasteiger partial charge is 0.492 e. The number of benzene rings is 1. The summed E-state index contributed by atoms with van der Waals surface area (Å²) in [6.07, 6.45) is 2.00. The highest BCUT2D eigenvalue weighted by Crippen LogP contribution is 2.18. The van der Waals surface area contributed by atoms with Crippen molar-refractivity contribution >= 4 is 11.9 Å². The van der Waals surface area contributed by atoms with E-state index in [1.165, 1.54) is 0 Å². The van der Waals surface area contributed by atoms with Gasteiger partial charge in [-0.3, -0.25) is 15.0 Å². The van der Waals surface area contributed by atoms with Crippen LogP contribution < -0.4 is 15.4 Å². The Kier molecular flexibility index (Phi) is 5.57. The lowest BCUT2D eigenvalue weighted by Gasteiger charge is -2.16. The van der Waals surface area contributed by atoms with Crippen LogP contribution in [0.15, 0.2) is 30.3 Å². The van der Waals surface area contributed by atoms with Crippen molar-refractivity contribution in [2.45, 2.75) is 18.9 Å². The Morgan fingerprint density at radius 2 is 2.00 bits per heavy atom. The van der Waals surface area contributed by atoms with Gasteiger partial charge in [0.15, 0.2) is 0 Å². The fourth-order valence-electron chi connectivity index (χ4n) is 1.78. The van der Waals surface area contributed by atoms with E-state index >= 15 is 0 Å². The van der Waals surface area contributed by atoms with E-state index in [0.717, 1.165) is 18.6 Å². The molecule has 0 bridgehead atoms. The molecule has 21 heavy (non-hydrogen) atoms. The summed E-state index contributed by atoms with van der Waals surface area (Å²) in [7, 11) is 1.81. The molecule has 0 atom stereocenters. The highest BCUT2D eigenvalue weighted by molar-refractivity contribution is 5.95. The Labute approximate surface area is 124 Å². The summed E-state index contributed by atoms with van der Waals surface area (Å²) in [6, 6.07) is 9.35. The van der Waals surface area contributed by atoms with E-state index in [0.29, 0.717) is 13.2 Å². The van der Waals surface area contributed by atoms with Gasteiger partial charge >= 0.3 is 6.03 Å². The maximum atomic E-state index is 11.6. The fraction of sp³-hybridized carbons (Fsp3) is 0.467. The average molecular weight is 291 g/mol. The quantitative estimate of drug-likeness (QED) is 0.786. The first-order valence-corrected chi connectivity index (χ1v) is 7.10.